The van der Waals surface area contributed by atoms with E-state index in [1.807, 2.05) is 31.1 Å². The third-order valence-corrected chi connectivity index (χ3v) is 6.54. The molecule has 0 radical (unpaired) electrons. The van der Waals surface area contributed by atoms with Crippen LogP contribution in [-0.2, 0) is 0 Å². The normalized spacial score (nSPS) is 14.8. The van der Waals surface area contributed by atoms with Crippen LogP contribution in [0.15, 0.2) is 72.8 Å². The Morgan fingerprint density at radius 3 is 2.25 bits per heavy atom. The lowest BCUT2D eigenvalue weighted by Crippen LogP contribution is -2.50. The molecule has 188 valence electrons. The van der Waals surface area contributed by atoms with E-state index >= 15 is 0 Å². The van der Waals surface area contributed by atoms with Gasteiger partial charge in [-0.15, -0.1) is 0 Å². The van der Waals surface area contributed by atoms with E-state index in [1.165, 1.54) is 24.3 Å². The van der Waals surface area contributed by atoms with Crippen molar-refractivity contribution >= 4 is 23.0 Å². The maximum atomic E-state index is 13.3. The standard InChI is InChI=1S/C27H30FN5O3/c1-30(2)22-11-7-20(8-12-22)26(19-29-27(34)24-5-3-4-6-25(24)33(35)36)32-17-15-31(16-18-32)23-13-9-21(28)10-14-23/h3-14,26H,15-19H2,1-2H3,(H,29,34). The second-order valence-electron chi connectivity index (χ2n) is 8.99. The van der Waals surface area contributed by atoms with E-state index in [0.29, 0.717) is 6.54 Å². The molecule has 8 nitrogen and oxygen atoms in total. The van der Waals surface area contributed by atoms with Gasteiger partial charge in [0, 0.05) is 64.3 Å². The molecule has 3 aromatic carbocycles. The van der Waals surface area contributed by atoms with Crippen molar-refractivity contribution in [2.75, 3.05) is 56.6 Å². The first-order valence-electron chi connectivity index (χ1n) is 11.9. The van der Waals surface area contributed by atoms with Gasteiger partial charge in [-0.1, -0.05) is 24.3 Å². The molecule has 1 aliphatic rings. The first-order valence-corrected chi connectivity index (χ1v) is 11.9. The number of nitro benzene ring substituents is 1. The zero-order chi connectivity index (χ0) is 25.7. The fraction of sp³-hybridized carbons (Fsp3) is 0.296. The Bertz CT molecular complexity index is 1190. The number of nitro groups is 1. The van der Waals surface area contributed by atoms with Gasteiger partial charge in [-0.25, -0.2) is 4.39 Å². The van der Waals surface area contributed by atoms with Gasteiger partial charge >= 0.3 is 0 Å². The van der Waals surface area contributed by atoms with Crippen molar-refractivity contribution in [2.24, 2.45) is 0 Å². The number of anilines is 2. The van der Waals surface area contributed by atoms with E-state index in [2.05, 4.69) is 27.2 Å². The predicted octanol–water partition coefficient (Wildman–Crippen LogP) is 4.09. The van der Waals surface area contributed by atoms with E-state index in [4.69, 9.17) is 0 Å². The minimum Gasteiger partial charge on any atom is -0.378 e. The summed E-state index contributed by atoms with van der Waals surface area (Å²) in [6, 6.07) is 20.6. The Balaban J connectivity index is 1.51. The molecule has 1 aliphatic heterocycles. The van der Waals surface area contributed by atoms with Crippen LogP contribution >= 0.6 is 0 Å². The number of amides is 1. The number of carbonyl (C=O) groups excluding carboxylic acids is 1. The van der Waals surface area contributed by atoms with E-state index in [1.54, 1.807) is 24.3 Å². The number of halogens is 1. The van der Waals surface area contributed by atoms with E-state index < -0.39 is 10.8 Å². The van der Waals surface area contributed by atoms with E-state index in [9.17, 15) is 19.3 Å². The highest BCUT2D eigenvalue weighted by atomic mass is 19.1. The molecular weight excluding hydrogens is 461 g/mol. The van der Waals surface area contributed by atoms with Crippen molar-refractivity contribution in [3.63, 3.8) is 0 Å². The summed E-state index contributed by atoms with van der Waals surface area (Å²) in [5.74, 6) is -0.727. The summed E-state index contributed by atoms with van der Waals surface area (Å²) in [4.78, 5) is 30.3. The second kappa shape index (κ2) is 11.2. The smallest absolute Gasteiger partial charge is 0.282 e. The van der Waals surface area contributed by atoms with Crippen LogP contribution in [0, 0.1) is 15.9 Å². The molecule has 1 heterocycles. The average molecular weight is 492 g/mol. The molecule has 1 saturated heterocycles. The largest absolute Gasteiger partial charge is 0.378 e. The zero-order valence-corrected chi connectivity index (χ0v) is 20.4. The van der Waals surface area contributed by atoms with Crippen molar-refractivity contribution in [3.8, 4) is 0 Å². The lowest BCUT2D eigenvalue weighted by molar-refractivity contribution is -0.385. The summed E-state index contributed by atoms with van der Waals surface area (Å²) in [6.07, 6.45) is 0. The average Bonchev–Trinajstić information content (AvgIpc) is 2.90. The number of para-hydroxylation sites is 1. The number of benzene rings is 3. The fourth-order valence-electron chi connectivity index (χ4n) is 4.51. The molecule has 3 aromatic rings. The number of nitrogens with zero attached hydrogens (tertiary/aromatic N) is 4. The van der Waals surface area contributed by atoms with Crippen LogP contribution < -0.4 is 15.1 Å². The maximum absolute atomic E-state index is 13.3. The summed E-state index contributed by atoms with van der Waals surface area (Å²) >= 11 is 0. The van der Waals surface area contributed by atoms with Gasteiger partial charge in [-0.2, -0.15) is 0 Å². The van der Waals surface area contributed by atoms with Crippen LogP contribution in [0.1, 0.15) is 22.0 Å². The Hall–Kier alpha value is -3.98. The lowest BCUT2D eigenvalue weighted by Gasteiger charge is -2.40. The summed E-state index contributed by atoms with van der Waals surface area (Å²) in [6.45, 7) is 3.33. The molecule has 1 unspecified atom stereocenters. The van der Waals surface area contributed by atoms with Gasteiger partial charge in [-0.3, -0.25) is 19.8 Å². The Morgan fingerprint density at radius 1 is 1.00 bits per heavy atom. The van der Waals surface area contributed by atoms with Gasteiger partial charge in [0.15, 0.2) is 0 Å². The second-order valence-corrected chi connectivity index (χ2v) is 8.99. The Kier molecular flexibility index (Phi) is 7.80. The van der Waals surface area contributed by atoms with Gasteiger partial charge in [0.25, 0.3) is 11.6 Å². The molecule has 9 heteroatoms. The van der Waals surface area contributed by atoms with Crippen molar-refractivity contribution in [1.29, 1.82) is 0 Å². The molecule has 36 heavy (non-hydrogen) atoms. The molecule has 1 fully saturated rings. The van der Waals surface area contributed by atoms with Crippen LogP contribution in [0.2, 0.25) is 0 Å². The minimum absolute atomic E-state index is 0.0466. The Morgan fingerprint density at radius 2 is 1.64 bits per heavy atom. The highest BCUT2D eigenvalue weighted by molar-refractivity contribution is 5.98. The molecule has 0 aromatic heterocycles. The Labute approximate surface area is 210 Å². The number of hydrogen-bond acceptors (Lipinski definition) is 6. The van der Waals surface area contributed by atoms with Crippen LogP contribution in [0.5, 0.6) is 0 Å². The molecule has 1 atom stereocenters. The van der Waals surface area contributed by atoms with E-state index in [-0.39, 0.29) is 23.1 Å². The van der Waals surface area contributed by atoms with Gasteiger partial charge in [0.2, 0.25) is 0 Å². The highest BCUT2D eigenvalue weighted by Gasteiger charge is 2.27. The maximum Gasteiger partial charge on any atom is 0.282 e. The molecule has 0 bridgehead atoms. The third kappa shape index (κ3) is 5.80. The molecule has 0 aliphatic carbocycles. The van der Waals surface area contributed by atoms with Gasteiger partial charge in [-0.05, 0) is 48.0 Å². The lowest BCUT2D eigenvalue weighted by atomic mass is 10.0. The monoisotopic (exact) mass is 491 g/mol. The van der Waals surface area contributed by atoms with Crippen LogP contribution in [-0.4, -0.2) is 62.5 Å². The van der Waals surface area contributed by atoms with Gasteiger partial charge in [0.05, 0.1) is 11.0 Å². The summed E-state index contributed by atoms with van der Waals surface area (Å²) in [5, 5.41) is 14.3. The molecule has 4 rings (SSSR count). The zero-order valence-electron chi connectivity index (χ0n) is 20.4. The first kappa shape index (κ1) is 25.1. The molecule has 1 amide bonds. The predicted molar refractivity (Wildman–Crippen MR) is 139 cm³/mol. The van der Waals surface area contributed by atoms with Crippen LogP contribution in [0.4, 0.5) is 21.5 Å². The fourth-order valence-corrected chi connectivity index (χ4v) is 4.51. The minimum atomic E-state index is -0.541. The SMILES string of the molecule is CN(C)c1ccc(C(CNC(=O)c2ccccc2[N+](=O)[O-])N2CCN(c3ccc(F)cc3)CC2)cc1. The molecule has 0 spiro atoms. The third-order valence-electron chi connectivity index (χ3n) is 6.54. The summed E-state index contributed by atoms with van der Waals surface area (Å²) in [5.41, 5.74) is 2.94. The quantitative estimate of drug-likeness (QED) is 0.378. The van der Waals surface area contributed by atoms with Gasteiger partial charge in [0.1, 0.15) is 11.4 Å². The summed E-state index contributed by atoms with van der Waals surface area (Å²) in [7, 11) is 3.96. The molecule has 1 N–H and O–H groups in total. The molecular formula is C27H30FN5O3. The number of hydrogen-bond donors (Lipinski definition) is 1. The van der Waals surface area contributed by atoms with Crippen molar-refractivity contribution in [2.45, 2.75) is 6.04 Å². The first-order chi connectivity index (χ1) is 17.3. The van der Waals surface area contributed by atoms with Crippen molar-refractivity contribution in [3.05, 3.63) is 99.9 Å². The number of piperazine rings is 1. The topological polar surface area (TPSA) is 82.0 Å². The van der Waals surface area contributed by atoms with Crippen LogP contribution in [0.3, 0.4) is 0 Å². The highest BCUT2D eigenvalue weighted by Crippen LogP contribution is 2.26. The number of carbonyl (C=O) groups is 1. The number of nitrogens with one attached hydrogen (secondary N) is 1. The van der Waals surface area contributed by atoms with Gasteiger partial charge < -0.3 is 15.1 Å². The van der Waals surface area contributed by atoms with Crippen LogP contribution in [0.25, 0.3) is 0 Å². The number of rotatable bonds is 8. The van der Waals surface area contributed by atoms with E-state index in [0.717, 1.165) is 43.1 Å². The summed E-state index contributed by atoms with van der Waals surface area (Å²) < 4.78 is 13.3. The van der Waals surface area contributed by atoms with Crippen molar-refractivity contribution in [1.82, 2.24) is 10.2 Å². The molecule has 0 saturated carbocycles. The van der Waals surface area contributed by atoms with Crippen molar-refractivity contribution < 1.29 is 14.1 Å².